The summed E-state index contributed by atoms with van der Waals surface area (Å²) >= 11 is 8.57. The molecule has 4 aliphatic carbocycles. The van der Waals surface area contributed by atoms with Gasteiger partial charge >= 0.3 is 0 Å². The highest BCUT2D eigenvalue weighted by atomic mass is 35.5. The van der Waals surface area contributed by atoms with Crippen molar-refractivity contribution in [3.05, 3.63) is 24.3 Å². The quantitative estimate of drug-likeness (QED) is 0.578. The number of alkyl halides is 1. The smallest absolute Gasteiger partial charge is 0.242 e. The van der Waals surface area contributed by atoms with Gasteiger partial charge in [-0.05, 0) is 68.6 Å². The average Bonchev–Trinajstić information content (AvgIpc) is 3.05. The third kappa shape index (κ3) is 3.81. The molecule has 1 aromatic rings. The molecule has 9 heteroatoms. The molecule has 1 heterocycles. The highest BCUT2D eigenvalue weighted by Gasteiger charge is 2.61. The van der Waals surface area contributed by atoms with E-state index in [0.717, 1.165) is 32.1 Å². The van der Waals surface area contributed by atoms with Gasteiger partial charge in [0.1, 0.15) is 0 Å². The largest absolute Gasteiger partial charge is 0.290 e. The van der Waals surface area contributed by atoms with Crippen LogP contribution in [0.3, 0.4) is 0 Å². The van der Waals surface area contributed by atoms with E-state index in [9.17, 15) is 13.2 Å². The molecule has 1 amide bonds. The van der Waals surface area contributed by atoms with Crippen LogP contribution in [0.1, 0.15) is 45.4 Å². The number of nitrogens with zero attached hydrogens (tertiary/aromatic N) is 3. The maximum absolute atomic E-state index is 14.0. The van der Waals surface area contributed by atoms with Crippen LogP contribution in [0.2, 0.25) is 0 Å². The van der Waals surface area contributed by atoms with Crippen molar-refractivity contribution < 1.29 is 13.2 Å². The molecule has 3 unspecified atom stereocenters. The minimum atomic E-state index is -3.55. The predicted octanol–water partition coefficient (Wildman–Crippen LogP) is 4.47. The molecule has 3 atom stereocenters. The van der Waals surface area contributed by atoms with Gasteiger partial charge in [-0.3, -0.25) is 9.69 Å². The molecule has 5 aliphatic rings. The highest BCUT2D eigenvalue weighted by Crippen LogP contribution is 2.64. The van der Waals surface area contributed by atoms with Crippen molar-refractivity contribution in [3.63, 3.8) is 0 Å². The van der Waals surface area contributed by atoms with Crippen molar-refractivity contribution >= 4 is 50.1 Å². The zero-order valence-corrected chi connectivity index (χ0v) is 21.1. The summed E-state index contributed by atoms with van der Waals surface area (Å²) < 4.78 is 26.3. The number of hydrogen-bond donors (Lipinski definition) is 0. The van der Waals surface area contributed by atoms with Crippen molar-refractivity contribution in [2.45, 2.75) is 60.5 Å². The van der Waals surface area contributed by atoms with Crippen LogP contribution in [0, 0.1) is 17.3 Å². The lowest BCUT2D eigenvalue weighted by atomic mass is 9.49. The maximum atomic E-state index is 14.0. The first-order chi connectivity index (χ1) is 15.0. The van der Waals surface area contributed by atoms with Gasteiger partial charge in [0.2, 0.25) is 15.9 Å². The van der Waals surface area contributed by atoms with Gasteiger partial charge in [0.05, 0.1) is 16.0 Å². The Hall–Kier alpha value is -1.09. The number of carbonyl (C=O) groups is 1. The van der Waals surface area contributed by atoms with Crippen molar-refractivity contribution in [2.75, 3.05) is 20.6 Å². The molecule has 0 spiro atoms. The molecule has 4 bridgehead atoms. The lowest BCUT2D eigenvalue weighted by molar-refractivity contribution is -0.151. The normalized spacial score (nSPS) is 37.6. The second kappa shape index (κ2) is 7.72. The lowest BCUT2D eigenvalue weighted by Crippen LogP contribution is -2.59. The van der Waals surface area contributed by atoms with E-state index < -0.39 is 10.0 Å². The van der Waals surface area contributed by atoms with Gasteiger partial charge in [-0.2, -0.15) is 0 Å². The fraction of sp³-hybridized carbons (Fsp3) is 0.652. The number of amidine groups is 1. The van der Waals surface area contributed by atoms with Crippen LogP contribution in [0.25, 0.3) is 0 Å². The number of carbonyl (C=O) groups excluding carboxylic acids is 1. The van der Waals surface area contributed by atoms with E-state index >= 15 is 0 Å². The van der Waals surface area contributed by atoms with E-state index in [0.29, 0.717) is 29.2 Å². The summed E-state index contributed by atoms with van der Waals surface area (Å²) in [6.45, 7) is 2.73. The van der Waals surface area contributed by atoms with Crippen LogP contribution < -0.4 is 0 Å². The minimum absolute atomic E-state index is 0.171. The second-order valence-electron chi connectivity index (χ2n) is 10.4. The molecule has 6 rings (SSSR count). The Kier molecular flexibility index (Phi) is 5.47. The van der Waals surface area contributed by atoms with Gasteiger partial charge < -0.3 is 0 Å². The van der Waals surface area contributed by atoms with Crippen molar-refractivity contribution in [2.24, 2.45) is 22.2 Å². The number of aliphatic imine (C=N–C) groups is 1. The van der Waals surface area contributed by atoms with Crippen molar-refractivity contribution in [3.8, 4) is 0 Å². The van der Waals surface area contributed by atoms with Crippen LogP contribution >= 0.6 is 23.4 Å². The minimum Gasteiger partial charge on any atom is -0.290 e. The fourth-order valence-corrected chi connectivity index (χ4v) is 9.25. The van der Waals surface area contributed by atoms with Crippen LogP contribution in [-0.4, -0.2) is 59.5 Å². The Morgan fingerprint density at radius 3 is 2.53 bits per heavy atom. The van der Waals surface area contributed by atoms with E-state index in [-0.39, 0.29) is 26.3 Å². The number of thioether (sulfide) groups is 1. The molecule has 1 saturated heterocycles. The van der Waals surface area contributed by atoms with Gasteiger partial charge in [-0.25, -0.2) is 17.7 Å². The fourth-order valence-electron chi connectivity index (χ4n) is 6.59. The third-order valence-electron chi connectivity index (χ3n) is 7.49. The molecule has 1 aromatic carbocycles. The zero-order valence-electron chi connectivity index (χ0n) is 18.8. The number of halogens is 1. The Morgan fingerprint density at radius 1 is 1.22 bits per heavy atom. The summed E-state index contributed by atoms with van der Waals surface area (Å²) in [5, 5.41) is 0.909. The van der Waals surface area contributed by atoms with E-state index in [1.54, 1.807) is 36.0 Å². The molecule has 32 heavy (non-hydrogen) atoms. The van der Waals surface area contributed by atoms with E-state index in [1.165, 1.54) is 24.8 Å². The molecule has 5 fully saturated rings. The molecular weight excluding hydrogens is 466 g/mol. The van der Waals surface area contributed by atoms with Gasteiger partial charge in [0.25, 0.3) is 0 Å². The molecular formula is C23H30ClN3O3S2. The molecule has 0 radical (unpaired) electrons. The van der Waals surface area contributed by atoms with Gasteiger partial charge in [0, 0.05) is 30.8 Å². The molecule has 4 saturated carbocycles. The summed E-state index contributed by atoms with van der Waals surface area (Å²) in [6.07, 6.45) is 5.95. The summed E-state index contributed by atoms with van der Waals surface area (Å²) in [4.78, 5) is 20.6. The molecule has 0 aromatic heterocycles. The molecule has 6 nitrogen and oxygen atoms in total. The summed E-state index contributed by atoms with van der Waals surface area (Å²) in [5.74, 6) is 1.28. The summed E-state index contributed by atoms with van der Waals surface area (Å²) in [6, 6.07) is 6.63. The molecule has 0 N–H and O–H groups in total. The Balaban J connectivity index is 1.46. The predicted molar refractivity (Wildman–Crippen MR) is 129 cm³/mol. The topological polar surface area (TPSA) is 70.0 Å². The Labute approximate surface area is 199 Å². The van der Waals surface area contributed by atoms with E-state index in [2.05, 4.69) is 6.92 Å². The Morgan fingerprint density at radius 2 is 1.91 bits per heavy atom. The number of hydrogen-bond acceptors (Lipinski definition) is 5. The van der Waals surface area contributed by atoms with Crippen molar-refractivity contribution in [1.29, 1.82) is 0 Å². The SMILES string of the molecule is CC1CN(C(=O)C23CC4CC(CC(Cl)(C4)C2)C3)C(=Nc2cccc(S(=O)(=O)N(C)C)c2)S1. The standard InChI is InChI=1S/C23H30ClN3O3S2/c1-15-13-27(20(28)22-9-16-7-17(10-22)12-23(24,11-16)14-22)21(31-15)25-18-5-4-6-19(8-18)32(29,30)26(2)3/h4-6,8,15-17H,7,9-14H2,1-3H3. The summed E-state index contributed by atoms with van der Waals surface area (Å²) in [5.41, 5.74) is 0.175. The lowest BCUT2D eigenvalue weighted by Gasteiger charge is -2.59. The van der Waals surface area contributed by atoms with Crippen LogP contribution in [0.4, 0.5) is 5.69 Å². The Bertz CT molecular complexity index is 1070. The first-order valence-corrected chi connectivity index (χ1v) is 14.0. The number of rotatable bonds is 4. The zero-order chi connectivity index (χ0) is 22.9. The summed E-state index contributed by atoms with van der Waals surface area (Å²) in [7, 11) is -0.525. The second-order valence-corrected chi connectivity index (χ2v) is 14.8. The maximum Gasteiger partial charge on any atom is 0.242 e. The monoisotopic (exact) mass is 495 g/mol. The van der Waals surface area contributed by atoms with Gasteiger partial charge in [-0.15, -0.1) is 11.6 Å². The van der Waals surface area contributed by atoms with E-state index in [1.807, 2.05) is 4.90 Å². The first kappa shape index (κ1) is 22.7. The van der Waals surface area contributed by atoms with Crippen LogP contribution in [0.15, 0.2) is 34.2 Å². The number of amides is 1. The molecule has 174 valence electrons. The average molecular weight is 496 g/mol. The number of sulfonamides is 1. The van der Waals surface area contributed by atoms with Gasteiger partial charge in [-0.1, -0.05) is 24.8 Å². The van der Waals surface area contributed by atoms with Crippen molar-refractivity contribution in [1.82, 2.24) is 9.21 Å². The molecule has 1 aliphatic heterocycles. The highest BCUT2D eigenvalue weighted by molar-refractivity contribution is 8.14. The van der Waals surface area contributed by atoms with E-state index in [4.69, 9.17) is 16.6 Å². The first-order valence-electron chi connectivity index (χ1n) is 11.3. The van der Waals surface area contributed by atoms with Crippen LogP contribution in [-0.2, 0) is 14.8 Å². The van der Waals surface area contributed by atoms with Gasteiger partial charge in [0.15, 0.2) is 5.17 Å². The third-order valence-corrected chi connectivity index (χ3v) is 10.8. The van der Waals surface area contributed by atoms with Crippen LogP contribution in [0.5, 0.6) is 0 Å². The number of benzene rings is 1.